The summed E-state index contributed by atoms with van der Waals surface area (Å²) in [5, 5.41) is 19.0. The van der Waals surface area contributed by atoms with Crippen LogP contribution in [0.15, 0.2) is 47.4 Å². The molecule has 0 aliphatic heterocycles. The number of aromatic hydroxyl groups is 1. The second-order valence-electron chi connectivity index (χ2n) is 5.94. The number of fused-ring (bicyclic) bond motifs is 1. The number of thiazole rings is 1. The summed E-state index contributed by atoms with van der Waals surface area (Å²) in [6, 6.07) is 12.3. The van der Waals surface area contributed by atoms with Crippen LogP contribution in [0.5, 0.6) is 11.5 Å². The van der Waals surface area contributed by atoms with Crippen LogP contribution < -0.4 is 14.8 Å². The number of benzene rings is 2. The van der Waals surface area contributed by atoms with Crippen LogP contribution in [0.1, 0.15) is 11.1 Å². The van der Waals surface area contributed by atoms with E-state index in [1.807, 2.05) is 6.07 Å². The lowest BCUT2D eigenvalue weighted by molar-refractivity contribution is 0.373. The molecule has 4 rings (SSSR count). The summed E-state index contributed by atoms with van der Waals surface area (Å²) in [6.07, 6.45) is 3.33. The van der Waals surface area contributed by atoms with Crippen LogP contribution in [0.3, 0.4) is 0 Å². The third-order valence-electron chi connectivity index (χ3n) is 4.16. The molecule has 0 amide bonds. The first-order valence-electron chi connectivity index (χ1n) is 8.11. The van der Waals surface area contributed by atoms with E-state index in [-0.39, 0.29) is 22.1 Å². The Bertz CT molecular complexity index is 1370. The Morgan fingerprint density at radius 3 is 2.89 bits per heavy atom. The van der Waals surface area contributed by atoms with Crippen molar-refractivity contribution in [1.82, 2.24) is 9.38 Å². The summed E-state index contributed by atoms with van der Waals surface area (Å²) in [7, 11) is 1.43. The van der Waals surface area contributed by atoms with Crippen LogP contribution in [0.2, 0.25) is 5.02 Å². The highest BCUT2D eigenvalue weighted by atomic mass is 35.5. The second-order valence-corrected chi connectivity index (χ2v) is 7.36. The number of ether oxygens (including phenoxy) is 1. The lowest BCUT2D eigenvalue weighted by Gasteiger charge is -2.05. The first-order valence-corrected chi connectivity index (χ1v) is 9.30. The number of phenolic OH excluding ortho intramolecular Hbond substituents is 1. The topological polar surface area (TPSA) is 87.6 Å². The molecule has 0 aliphatic rings. The van der Waals surface area contributed by atoms with Gasteiger partial charge in [-0.3, -0.25) is 9.20 Å². The summed E-state index contributed by atoms with van der Waals surface area (Å²) in [5.41, 5.74) is 2.35. The first kappa shape index (κ1) is 18.0. The number of imidazole rings is 1. The summed E-state index contributed by atoms with van der Waals surface area (Å²) < 4.78 is 7.04. The molecule has 0 unspecified atom stereocenters. The molecular weight excluding hydrogens is 398 g/mol. The van der Waals surface area contributed by atoms with Gasteiger partial charge >= 0.3 is 0 Å². The van der Waals surface area contributed by atoms with E-state index in [0.717, 1.165) is 5.56 Å². The third kappa shape index (κ3) is 3.09. The van der Waals surface area contributed by atoms with Crippen molar-refractivity contribution in [1.29, 1.82) is 5.26 Å². The van der Waals surface area contributed by atoms with Crippen molar-refractivity contribution in [2.75, 3.05) is 7.11 Å². The molecule has 0 saturated heterocycles. The maximum atomic E-state index is 12.7. The van der Waals surface area contributed by atoms with Crippen molar-refractivity contribution in [3.63, 3.8) is 0 Å². The van der Waals surface area contributed by atoms with Crippen molar-refractivity contribution in [2.24, 2.45) is 0 Å². The zero-order valence-corrected chi connectivity index (χ0v) is 16.1. The Balaban J connectivity index is 1.81. The quantitative estimate of drug-likeness (QED) is 0.561. The maximum Gasteiger partial charge on any atom is 0.274 e. The van der Waals surface area contributed by atoms with Gasteiger partial charge in [0.05, 0.1) is 34.0 Å². The van der Waals surface area contributed by atoms with Gasteiger partial charge in [-0.05, 0) is 35.9 Å². The van der Waals surface area contributed by atoms with Crippen molar-refractivity contribution < 1.29 is 9.84 Å². The SMILES string of the molecule is COc1cc(C=c2sc3nc(-c4cccc(C#N)c4)cn3c2=O)cc(Cl)c1O. The minimum absolute atomic E-state index is 0.138. The van der Waals surface area contributed by atoms with Gasteiger partial charge in [-0.15, -0.1) is 0 Å². The van der Waals surface area contributed by atoms with Gasteiger partial charge in [-0.25, -0.2) is 4.98 Å². The van der Waals surface area contributed by atoms with Crippen LogP contribution in [-0.4, -0.2) is 21.6 Å². The van der Waals surface area contributed by atoms with E-state index in [1.54, 1.807) is 42.6 Å². The number of rotatable bonds is 3. The van der Waals surface area contributed by atoms with Crippen molar-refractivity contribution in [3.05, 3.63) is 73.6 Å². The van der Waals surface area contributed by atoms with Gasteiger partial charge in [0.25, 0.3) is 5.56 Å². The van der Waals surface area contributed by atoms with E-state index in [4.69, 9.17) is 21.6 Å². The third-order valence-corrected chi connectivity index (χ3v) is 5.43. The summed E-state index contributed by atoms with van der Waals surface area (Å²) in [6.45, 7) is 0. The molecule has 0 atom stereocenters. The van der Waals surface area contributed by atoms with Gasteiger partial charge in [0, 0.05) is 11.8 Å². The van der Waals surface area contributed by atoms with Gasteiger partial charge in [0.2, 0.25) is 0 Å². The lowest BCUT2D eigenvalue weighted by Crippen LogP contribution is -2.22. The molecule has 0 bridgehead atoms. The van der Waals surface area contributed by atoms with E-state index in [0.29, 0.717) is 26.3 Å². The highest BCUT2D eigenvalue weighted by Crippen LogP contribution is 2.35. The maximum absolute atomic E-state index is 12.7. The van der Waals surface area contributed by atoms with Crippen LogP contribution in [0.25, 0.3) is 22.3 Å². The van der Waals surface area contributed by atoms with E-state index >= 15 is 0 Å². The fourth-order valence-corrected chi connectivity index (χ4v) is 3.98. The van der Waals surface area contributed by atoms with Crippen molar-refractivity contribution in [3.8, 4) is 28.8 Å². The molecule has 0 radical (unpaired) electrons. The van der Waals surface area contributed by atoms with E-state index < -0.39 is 0 Å². The number of aromatic nitrogens is 2. The number of halogens is 1. The zero-order chi connectivity index (χ0) is 19.8. The highest BCUT2D eigenvalue weighted by molar-refractivity contribution is 7.15. The number of hydrogen-bond donors (Lipinski definition) is 1. The molecule has 2 aromatic carbocycles. The first-order chi connectivity index (χ1) is 13.5. The van der Waals surface area contributed by atoms with Crippen LogP contribution in [-0.2, 0) is 0 Å². The Labute approximate surface area is 168 Å². The average Bonchev–Trinajstić information content (AvgIpc) is 3.24. The largest absolute Gasteiger partial charge is 0.503 e. The van der Waals surface area contributed by atoms with E-state index in [9.17, 15) is 9.90 Å². The Kier molecular flexibility index (Phi) is 4.51. The predicted molar refractivity (Wildman–Crippen MR) is 108 cm³/mol. The van der Waals surface area contributed by atoms with Gasteiger partial charge in [0.15, 0.2) is 16.5 Å². The molecule has 1 N–H and O–H groups in total. The molecule has 28 heavy (non-hydrogen) atoms. The highest BCUT2D eigenvalue weighted by Gasteiger charge is 2.12. The zero-order valence-electron chi connectivity index (χ0n) is 14.5. The molecule has 0 saturated carbocycles. The van der Waals surface area contributed by atoms with Gasteiger partial charge in [0.1, 0.15) is 0 Å². The fraction of sp³-hybridized carbons (Fsp3) is 0.0500. The van der Waals surface area contributed by atoms with Crippen LogP contribution >= 0.6 is 22.9 Å². The average molecular weight is 410 g/mol. The molecule has 6 nitrogen and oxygen atoms in total. The molecule has 2 heterocycles. The number of nitriles is 1. The minimum Gasteiger partial charge on any atom is -0.503 e. The lowest BCUT2D eigenvalue weighted by atomic mass is 10.1. The molecule has 2 aromatic heterocycles. The summed E-state index contributed by atoms with van der Waals surface area (Å²) in [5.74, 6) is 0.0843. The number of phenols is 1. The molecule has 138 valence electrons. The minimum atomic E-state index is -0.210. The molecule has 0 fully saturated rings. The summed E-state index contributed by atoms with van der Waals surface area (Å²) >= 11 is 7.25. The monoisotopic (exact) mass is 409 g/mol. The van der Waals surface area contributed by atoms with Crippen LogP contribution in [0, 0.1) is 11.3 Å². The van der Waals surface area contributed by atoms with Gasteiger partial charge in [-0.2, -0.15) is 5.26 Å². The number of nitrogens with zero attached hydrogens (tertiary/aromatic N) is 3. The van der Waals surface area contributed by atoms with Gasteiger partial charge < -0.3 is 9.84 Å². The van der Waals surface area contributed by atoms with E-state index in [1.165, 1.54) is 22.8 Å². The predicted octanol–water partition coefficient (Wildman–Crippen LogP) is 3.21. The number of hydrogen-bond acceptors (Lipinski definition) is 6. The van der Waals surface area contributed by atoms with Crippen molar-refractivity contribution in [2.45, 2.75) is 0 Å². The standard InChI is InChI=1S/C20H12ClN3O3S/c1-27-16-7-12(6-14(21)18(16)25)8-17-19(26)24-10-15(23-20(24)28-17)13-4-2-3-11(5-13)9-22/h2-8,10,25H,1H3. The summed E-state index contributed by atoms with van der Waals surface area (Å²) in [4.78, 5) is 17.8. The molecule has 0 spiro atoms. The van der Waals surface area contributed by atoms with Crippen LogP contribution in [0.4, 0.5) is 0 Å². The second kappa shape index (κ2) is 7.00. The fourth-order valence-electron chi connectivity index (χ4n) is 2.80. The molecule has 4 aromatic rings. The van der Waals surface area contributed by atoms with Crippen molar-refractivity contribution >= 4 is 34.0 Å². The Morgan fingerprint density at radius 1 is 1.36 bits per heavy atom. The Hall–Kier alpha value is -3.34. The molecule has 0 aliphatic carbocycles. The van der Waals surface area contributed by atoms with E-state index in [2.05, 4.69) is 11.1 Å². The smallest absolute Gasteiger partial charge is 0.274 e. The molecular formula is C20H12ClN3O3S. The normalized spacial score (nSPS) is 11.7. The van der Waals surface area contributed by atoms with Gasteiger partial charge in [-0.1, -0.05) is 35.1 Å². The Morgan fingerprint density at radius 2 is 2.18 bits per heavy atom. The number of methoxy groups -OCH3 is 1. The molecule has 8 heteroatoms.